The number of halogens is 2. The van der Waals surface area contributed by atoms with Gasteiger partial charge < -0.3 is 0 Å². The van der Waals surface area contributed by atoms with Crippen molar-refractivity contribution in [3.63, 3.8) is 0 Å². The lowest BCUT2D eigenvalue weighted by atomic mass is 10.2. The maximum atomic E-state index is 13.8. The molecule has 5 aromatic rings. The van der Waals surface area contributed by atoms with Crippen LogP contribution in [0, 0.1) is 0 Å². The Morgan fingerprint density at radius 3 is 1.02 bits per heavy atom. The molecule has 0 spiro atoms. The van der Waals surface area contributed by atoms with Gasteiger partial charge in [-0.25, -0.2) is 16.8 Å². The van der Waals surface area contributed by atoms with Gasteiger partial charge in [-0.15, -0.1) is 0 Å². The summed E-state index contributed by atoms with van der Waals surface area (Å²) in [4.78, 5) is 27.1. The Hall–Kier alpha value is -4.48. The summed E-state index contributed by atoms with van der Waals surface area (Å²) in [5.74, 6) is -1.74. The number of anilines is 2. The van der Waals surface area contributed by atoms with Crippen molar-refractivity contribution in [3.05, 3.63) is 155 Å². The van der Waals surface area contributed by atoms with Gasteiger partial charge in [0.15, 0.2) is 0 Å². The minimum absolute atomic E-state index is 0.0455. The zero-order chi connectivity index (χ0) is 31.5. The van der Waals surface area contributed by atoms with Crippen molar-refractivity contribution in [1.82, 2.24) is 0 Å². The molecular weight excluding hydrogens is 643 g/mol. The molecule has 0 aliphatic rings. The van der Waals surface area contributed by atoms with Crippen LogP contribution >= 0.6 is 23.2 Å². The number of carbonyl (C=O) groups is 2. The summed E-state index contributed by atoms with van der Waals surface area (Å²) in [6.45, 7) is 0. The van der Waals surface area contributed by atoms with Crippen LogP contribution in [0.5, 0.6) is 0 Å². The molecule has 0 atom stereocenters. The van der Waals surface area contributed by atoms with Gasteiger partial charge in [-0.05, 0) is 97.1 Å². The molecule has 5 aromatic carbocycles. The van der Waals surface area contributed by atoms with E-state index >= 15 is 0 Å². The molecule has 0 radical (unpaired) electrons. The molecule has 0 unspecified atom stereocenters. The van der Waals surface area contributed by atoms with Crippen molar-refractivity contribution < 1.29 is 26.4 Å². The molecule has 0 aliphatic carbocycles. The lowest BCUT2D eigenvalue weighted by Gasteiger charge is -2.25. The monoisotopic (exact) mass is 664 g/mol. The fraction of sp³-hybridized carbons (Fsp3) is 0. The summed E-state index contributed by atoms with van der Waals surface area (Å²) in [6.07, 6.45) is 0. The third-order valence-electron chi connectivity index (χ3n) is 6.43. The molecule has 5 rings (SSSR count). The van der Waals surface area contributed by atoms with Crippen molar-refractivity contribution in [2.45, 2.75) is 9.79 Å². The highest BCUT2D eigenvalue weighted by molar-refractivity contribution is 7.94. The van der Waals surface area contributed by atoms with Crippen LogP contribution in [0.3, 0.4) is 0 Å². The molecule has 0 aliphatic heterocycles. The van der Waals surface area contributed by atoms with Crippen LogP contribution in [-0.2, 0) is 20.0 Å². The minimum atomic E-state index is -4.44. The second kappa shape index (κ2) is 12.6. The number of amides is 2. The zero-order valence-electron chi connectivity index (χ0n) is 22.6. The van der Waals surface area contributed by atoms with E-state index in [4.69, 9.17) is 23.2 Å². The lowest BCUT2D eigenvalue weighted by Crippen LogP contribution is -2.38. The van der Waals surface area contributed by atoms with E-state index in [0.717, 1.165) is 0 Å². The summed E-state index contributed by atoms with van der Waals surface area (Å²) in [6, 6.07) is 31.2. The SMILES string of the molecule is O=C(c1ccc(Cl)cc1)N(c1ccc(N(C(=O)c2ccc(Cl)cc2)S(=O)(=O)c2ccccc2)cc1)S(=O)(=O)c1ccccc1. The maximum absolute atomic E-state index is 13.8. The van der Waals surface area contributed by atoms with Crippen LogP contribution < -0.4 is 8.61 Å². The molecule has 0 saturated carbocycles. The molecule has 12 heteroatoms. The van der Waals surface area contributed by atoms with Gasteiger partial charge >= 0.3 is 0 Å². The van der Waals surface area contributed by atoms with Crippen molar-refractivity contribution in [1.29, 1.82) is 0 Å². The molecule has 8 nitrogen and oxygen atoms in total. The Labute approximate surface area is 264 Å². The summed E-state index contributed by atoms with van der Waals surface area (Å²) in [5, 5.41) is 0.710. The Bertz CT molecular complexity index is 1870. The van der Waals surface area contributed by atoms with E-state index in [1.165, 1.54) is 121 Å². The Morgan fingerprint density at radius 1 is 0.432 bits per heavy atom. The van der Waals surface area contributed by atoms with E-state index in [1.54, 1.807) is 12.1 Å². The van der Waals surface area contributed by atoms with E-state index < -0.39 is 31.9 Å². The van der Waals surface area contributed by atoms with Gasteiger partial charge in [0.05, 0.1) is 21.2 Å². The number of benzene rings is 5. The molecule has 222 valence electrons. The summed E-state index contributed by atoms with van der Waals surface area (Å²) >= 11 is 11.9. The van der Waals surface area contributed by atoms with E-state index in [-0.39, 0.29) is 32.3 Å². The molecule has 0 heterocycles. The second-order valence-electron chi connectivity index (χ2n) is 9.31. The maximum Gasteiger partial charge on any atom is 0.272 e. The third kappa shape index (κ3) is 6.24. The van der Waals surface area contributed by atoms with E-state index in [9.17, 15) is 26.4 Å². The van der Waals surface area contributed by atoms with Gasteiger partial charge in [-0.3, -0.25) is 9.59 Å². The second-order valence-corrected chi connectivity index (χ2v) is 13.8. The van der Waals surface area contributed by atoms with Crippen molar-refractivity contribution in [3.8, 4) is 0 Å². The Kier molecular flexibility index (Phi) is 8.89. The zero-order valence-corrected chi connectivity index (χ0v) is 25.8. The molecule has 0 N–H and O–H groups in total. The summed E-state index contributed by atoms with van der Waals surface area (Å²) < 4.78 is 56.5. The van der Waals surface area contributed by atoms with Gasteiger partial charge in [0.1, 0.15) is 0 Å². The predicted octanol–water partition coefficient (Wildman–Crippen LogP) is 7.06. The normalized spacial score (nSPS) is 11.5. The van der Waals surface area contributed by atoms with Crippen molar-refractivity contribution in [2.24, 2.45) is 0 Å². The molecule has 0 saturated heterocycles. The third-order valence-corrected chi connectivity index (χ3v) is 10.4. The van der Waals surface area contributed by atoms with Crippen molar-refractivity contribution >= 4 is 66.4 Å². The van der Waals surface area contributed by atoms with Crippen LogP contribution in [0.15, 0.2) is 143 Å². The molecule has 2 amide bonds. The van der Waals surface area contributed by atoms with Crippen LogP contribution in [0.1, 0.15) is 20.7 Å². The van der Waals surface area contributed by atoms with E-state index in [1.807, 2.05) is 0 Å². The highest BCUT2D eigenvalue weighted by atomic mass is 35.5. The predicted molar refractivity (Wildman–Crippen MR) is 170 cm³/mol. The van der Waals surface area contributed by atoms with Gasteiger partial charge in [-0.2, -0.15) is 8.61 Å². The topological polar surface area (TPSA) is 109 Å². The summed E-state index contributed by atoms with van der Waals surface area (Å²) in [7, 11) is -8.88. The highest BCUT2D eigenvalue weighted by Gasteiger charge is 2.34. The van der Waals surface area contributed by atoms with Gasteiger partial charge in [0.25, 0.3) is 31.9 Å². The fourth-order valence-electron chi connectivity index (χ4n) is 4.27. The number of rotatable bonds is 8. The summed E-state index contributed by atoms with van der Waals surface area (Å²) in [5.41, 5.74) is -0.0875. The number of hydrogen-bond acceptors (Lipinski definition) is 6. The lowest BCUT2D eigenvalue weighted by molar-refractivity contribution is 0.0996. The number of hydrogen-bond donors (Lipinski definition) is 0. The first-order valence-corrected chi connectivity index (χ1v) is 16.5. The average molecular weight is 666 g/mol. The van der Waals surface area contributed by atoms with Gasteiger partial charge in [0.2, 0.25) is 0 Å². The quantitative estimate of drug-likeness (QED) is 0.176. The van der Waals surface area contributed by atoms with E-state index in [2.05, 4.69) is 0 Å². The van der Waals surface area contributed by atoms with Crippen LogP contribution in [0.4, 0.5) is 11.4 Å². The number of carbonyl (C=O) groups excluding carboxylic acids is 2. The first-order chi connectivity index (χ1) is 21.0. The average Bonchev–Trinajstić information content (AvgIpc) is 3.03. The molecule has 44 heavy (non-hydrogen) atoms. The Morgan fingerprint density at radius 2 is 0.727 bits per heavy atom. The highest BCUT2D eigenvalue weighted by Crippen LogP contribution is 2.32. The fourth-order valence-corrected chi connectivity index (χ4v) is 7.39. The number of nitrogens with zero attached hydrogens (tertiary/aromatic N) is 2. The smallest absolute Gasteiger partial charge is 0.268 e. The largest absolute Gasteiger partial charge is 0.272 e. The first kappa shape index (κ1) is 31.0. The van der Waals surface area contributed by atoms with E-state index in [0.29, 0.717) is 18.7 Å². The molecule has 0 aromatic heterocycles. The minimum Gasteiger partial charge on any atom is -0.268 e. The Balaban J connectivity index is 1.63. The first-order valence-electron chi connectivity index (χ1n) is 12.9. The standard InChI is InChI=1S/C32H22Cl2N2O6S2/c33-25-15-11-23(12-16-25)31(37)35(43(39,40)29-7-3-1-4-8-29)27-19-21-28(22-20-27)36(32(38)24-13-17-26(34)18-14-24)44(41,42)30-9-5-2-6-10-30/h1-22H. The van der Waals surface area contributed by atoms with Gasteiger partial charge in [0, 0.05) is 21.2 Å². The van der Waals surface area contributed by atoms with Crippen LogP contribution in [0.2, 0.25) is 10.0 Å². The molecular formula is C32H22Cl2N2O6S2. The molecule has 0 fully saturated rings. The number of sulfonamides is 2. The van der Waals surface area contributed by atoms with Gasteiger partial charge in [-0.1, -0.05) is 59.6 Å². The van der Waals surface area contributed by atoms with Crippen LogP contribution in [0.25, 0.3) is 0 Å². The molecule has 0 bridgehead atoms. The van der Waals surface area contributed by atoms with Crippen molar-refractivity contribution in [2.75, 3.05) is 8.61 Å². The van der Waals surface area contributed by atoms with Crippen LogP contribution in [-0.4, -0.2) is 28.6 Å².